The Balaban J connectivity index is 2.05. The Kier molecular flexibility index (Phi) is 4.85. The Bertz CT molecular complexity index is 501. The summed E-state index contributed by atoms with van der Waals surface area (Å²) in [6.45, 7) is 4.75. The van der Waals surface area contributed by atoms with Gasteiger partial charge in [-0.25, -0.2) is 0 Å². The molecule has 21 heavy (non-hydrogen) atoms. The molecule has 1 amide bonds. The van der Waals surface area contributed by atoms with Crippen LogP contribution in [0.15, 0.2) is 24.3 Å². The molecule has 1 aliphatic rings. The topological polar surface area (TPSA) is 59.0 Å². The van der Waals surface area contributed by atoms with Crippen LogP contribution in [-0.2, 0) is 16.0 Å². The molecule has 0 spiro atoms. The highest BCUT2D eigenvalue weighted by molar-refractivity contribution is 5.79. The van der Waals surface area contributed by atoms with E-state index in [-0.39, 0.29) is 18.6 Å². The van der Waals surface area contributed by atoms with Gasteiger partial charge in [-0.3, -0.25) is 4.79 Å². The van der Waals surface area contributed by atoms with Gasteiger partial charge in [0.2, 0.25) is 5.91 Å². The van der Waals surface area contributed by atoms with E-state index >= 15 is 0 Å². The summed E-state index contributed by atoms with van der Waals surface area (Å²) in [6.07, 6.45) is 0.00817. The summed E-state index contributed by atoms with van der Waals surface area (Å²) in [5.41, 5.74) is 0.486. The monoisotopic (exact) mass is 293 g/mol. The summed E-state index contributed by atoms with van der Waals surface area (Å²) in [4.78, 5) is 14.2. The second-order valence-electron chi connectivity index (χ2n) is 5.98. The summed E-state index contributed by atoms with van der Waals surface area (Å²) < 4.78 is 10.9. The van der Waals surface area contributed by atoms with E-state index in [1.165, 1.54) is 0 Å². The van der Waals surface area contributed by atoms with Gasteiger partial charge < -0.3 is 19.5 Å². The van der Waals surface area contributed by atoms with Crippen molar-refractivity contribution in [3.63, 3.8) is 0 Å². The smallest absolute Gasteiger partial charge is 0.227 e. The Morgan fingerprint density at radius 3 is 2.95 bits per heavy atom. The standard InChI is InChI=1S/C16H23NO4/c1-16(2)11-17(9-14(10-18)21-16)15(19)8-12-5-4-6-13(7-12)20-3/h4-7,14,18H,8-11H2,1-3H3. The molecule has 1 atom stereocenters. The number of amides is 1. The third kappa shape index (κ3) is 4.19. The van der Waals surface area contributed by atoms with E-state index in [0.29, 0.717) is 19.5 Å². The number of nitrogens with zero attached hydrogens (tertiary/aromatic N) is 1. The lowest BCUT2D eigenvalue weighted by Gasteiger charge is -2.42. The number of hydrogen-bond donors (Lipinski definition) is 1. The molecule has 1 aliphatic heterocycles. The van der Waals surface area contributed by atoms with Crippen molar-refractivity contribution in [2.75, 3.05) is 26.8 Å². The van der Waals surface area contributed by atoms with Crippen molar-refractivity contribution in [1.82, 2.24) is 4.90 Å². The summed E-state index contributed by atoms with van der Waals surface area (Å²) in [6, 6.07) is 7.51. The van der Waals surface area contributed by atoms with E-state index < -0.39 is 5.60 Å². The number of carbonyl (C=O) groups excluding carboxylic acids is 1. The maximum absolute atomic E-state index is 12.5. The highest BCUT2D eigenvalue weighted by Crippen LogP contribution is 2.22. The molecule has 1 N–H and O–H groups in total. The van der Waals surface area contributed by atoms with Crippen LogP contribution in [0, 0.1) is 0 Å². The van der Waals surface area contributed by atoms with Crippen LogP contribution < -0.4 is 4.74 Å². The number of carbonyl (C=O) groups is 1. The molecule has 1 unspecified atom stereocenters. The quantitative estimate of drug-likeness (QED) is 0.907. The zero-order chi connectivity index (χ0) is 15.5. The Morgan fingerprint density at radius 1 is 1.52 bits per heavy atom. The summed E-state index contributed by atoms with van der Waals surface area (Å²) in [5, 5.41) is 9.30. The number of benzene rings is 1. The van der Waals surface area contributed by atoms with Crippen molar-refractivity contribution in [2.45, 2.75) is 32.0 Å². The lowest BCUT2D eigenvalue weighted by molar-refractivity contribution is -0.166. The first-order valence-electron chi connectivity index (χ1n) is 7.13. The van der Waals surface area contributed by atoms with E-state index in [4.69, 9.17) is 9.47 Å². The normalized spacial score (nSPS) is 21.1. The van der Waals surface area contributed by atoms with Gasteiger partial charge in [0.25, 0.3) is 0 Å². The highest BCUT2D eigenvalue weighted by Gasteiger charge is 2.35. The van der Waals surface area contributed by atoms with E-state index in [1.807, 2.05) is 38.1 Å². The van der Waals surface area contributed by atoms with Crippen LogP contribution in [0.25, 0.3) is 0 Å². The zero-order valence-electron chi connectivity index (χ0n) is 12.8. The van der Waals surface area contributed by atoms with Crippen molar-refractivity contribution in [3.8, 4) is 5.75 Å². The first-order chi connectivity index (χ1) is 9.93. The maximum Gasteiger partial charge on any atom is 0.227 e. The molecule has 1 heterocycles. The SMILES string of the molecule is COc1cccc(CC(=O)N2CC(CO)OC(C)(C)C2)c1. The van der Waals surface area contributed by atoms with Gasteiger partial charge in [0.15, 0.2) is 0 Å². The van der Waals surface area contributed by atoms with Crippen LogP contribution in [0.2, 0.25) is 0 Å². The number of hydrogen-bond acceptors (Lipinski definition) is 4. The molecule has 0 bridgehead atoms. The predicted molar refractivity (Wildman–Crippen MR) is 79.3 cm³/mol. The molecule has 0 aromatic heterocycles. The van der Waals surface area contributed by atoms with Gasteiger partial charge in [-0.05, 0) is 31.5 Å². The molecule has 5 nitrogen and oxygen atoms in total. The Labute approximate surface area is 125 Å². The highest BCUT2D eigenvalue weighted by atomic mass is 16.5. The van der Waals surface area contributed by atoms with Gasteiger partial charge in [0.05, 0.1) is 31.8 Å². The molecular weight excluding hydrogens is 270 g/mol. The average molecular weight is 293 g/mol. The fraction of sp³-hybridized carbons (Fsp3) is 0.562. The third-order valence-electron chi connectivity index (χ3n) is 3.53. The zero-order valence-corrected chi connectivity index (χ0v) is 12.8. The molecule has 0 aliphatic carbocycles. The van der Waals surface area contributed by atoms with E-state index in [2.05, 4.69) is 0 Å². The molecule has 116 valence electrons. The third-order valence-corrected chi connectivity index (χ3v) is 3.53. The van der Waals surface area contributed by atoms with E-state index in [9.17, 15) is 9.90 Å². The van der Waals surface area contributed by atoms with Crippen LogP contribution in [-0.4, -0.2) is 54.4 Å². The van der Waals surface area contributed by atoms with Crippen LogP contribution in [0.5, 0.6) is 5.75 Å². The molecule has 1 aromatic carbocycles. The second-order valence-corrected chi connectivity index (χ2v) is 5.98. The molecule has 1 fully saturated rings. The first-order valence-corrected chi connectivity index (χ1v) is 7.13. The number of ether oxygens (including phenoxy) is 2. The molecule has 1 aromatic rings. The van der Waals surface area contributed by atoms with Crippen molar-refractivity contribution in [1.29, 1.82) is 0 Å². The minimum Gasteiger partial charge on any atom is -0.497 e. The summed E-state index contributed by atoms with van der Waals surface area (Å²) in [7, 11) is 1.61. The maximum atomic E-state index is 12.5. The van der Waals surface area contributed by atoms with Gasteiger partial charge in [-0.15, -0.1) is 0 Å². The minimum absolute atomic E-state index is 0.0399. The number of aliphatic hydroxyl groups is 1. The predicted octanol–water partition coefficient (Wildman–Crippen LogP) is 1.24. The molecule has 2 rings (SSSR count). The summed E-state index contributed by atoms with van der Waals surface area (Å²) in [5.74, 6) is 0.786. The van der Waals surface area contributed by atoms with Gasteiger partial charge in [0.1, 0.15) is 5.75 Å². The Hall–Kier alpha value is -1.59. The van der Waals surface area contributed by atoms with Crippen molar-refractivity contribution >= 4 is 5.91 Å². The van der Waals surface area contributed by atoms with Gasteiger partial charge >= 0.3 is 0 Å². The Morgan fingerprint density at radius 2 is 2.29 bits per heavy atom. The number of aliphatic hydroxyl groups excluding tert-OH is 1. The summed E-state index contributed by atoms with van der Waals surface area (Å²) >= 11 is 0. The lowest BCUT2D eigenvalue weighted by Crippen LogP contribution is -2.55. The van der Waals surface area contributed by atoms with E-state index in [1.54, 1.807) is 12.0 Å². The van der Waals surface area contributed by atoms with Gasteiger partial charge in [0, 0.05) is 13.1 Å². The average Bonchev–Trinajstić information content (AvgIpc) is 2.45. The van der Waals surface area contributed by atoms with E-state index in [0.717, 1.165) is 11.3 Å². The minimum atomic E-state index is -0.435. The molecular formula is C16H23NO4. The van der Waals surface area contributed by atoms with Crippen LogP contribution >= 0.6 is 0 Å². The number of methoxy groups -OCH3 is 1. The van der Waals surface area contributed by atoms with Crippen LogP contribution in [0.1, 0.15) is 19.4 Å². The molecule has 1 saturated heterocycles. The molecule has 0 saturated carbocycles. The number of morpholine rings is 1. The lowest BCUT2D eigenvalue weighted by atomic mass is 10.0. The molecule has 0 radical (unpaired) electrons. The van der Waals surface area contributed by atoms with Crippen molar-refractivity contribution < 1.29 is 19.4 Å². The van der Waals surface area contributed by atoms with Crippen LogP contribution in [0.3, 0.4) is 0 Å². The largest absolute Gasteiger partial charge is 0.497 e. The van der Waals surface area contributed by atoms with Crippen molar-refractivity contribution in [3.05, 3.63) is 29.8 Å². The van der Waals surface area contributed by atoms with Gasteiger partial charge in [-0.2, -0.15) is 0 Å². The second kappa shape index (κ2) is 6.45. The first kappa shape index (κ1) is 15.8. The fourth-order valence-electron chi connectivity index (χ4n) is 2.65. The van der Waals surface area contributed by atoms with Crippen molar-refractivity contribution in [2.24, 2.45) is 0 Å². The van der Waals surface area contributed by atoms with Crippen LogP contribution in [0.4, 0.5) is 0 Å². The van der Waals surface area contributed by atoms with Gasteiger partial charge in [-0.1, -0.05) is 12.1 Å². The fourth-order valence-corrected chi connectivity index (χ4v) is 2.65. The number of rotatable bonds is 4. The molecule has 5 heteroatoms.